The van der Waals surface area contributed by atoms with E-state index < -0.39 is 5.92 Å². The maximum Gasteiger partial charge on any atom is 0.163 e. The molecule has 2 atom stereocenters. The summed E-state index contributed by atoms with van der Waals surface area (Å²) in [5.41, 5.74) is 2.25. The second-order valence-electron chi connectivity index (χ2n) is 6.28. The van der Waals surface area contributed by atoms with E-state index in [4.69, 9.17) is 23.2 Å². The topological polar surface area (TPSA) is 40.9 Å². The van der Waals surface area contributed by atoms with Crippen molar-refractivity contribution in [3.63, 3.8) is 0 Å². The van der Waals surface area contributed by atoms with Crippen molar-refractivity contribution < 1.29 is 4.79 Å². The van der Waals surface area contributed by atoms with Crippen LogP contribution in [0.3, 0.4) is 0 Å². The minimum atomic E-state index is -0.565. The number of ketones is 1. The third-order valence-corrected chi connectivity index (χ3v) is 5.13. The molecule has 0 aliphatic carbocycles. The molecule has 0 bridgehead atoms. The van der Waals surface area contributed by atoms with Crippen molar-refractivity contribution in [2.75, 3.05) is 0 Å². The van der Waals surface area contributed by atoms with E-state index in [9.17, 15) is 10.1 Å². The monoisotopic (exact) mass is 393 g/mol. The van der Waals surface area contributed by atoms with Gasteiger partial charge in [0, 0.05) is 27.9 Å². The molecule has 134 valence electrons. The fraction of sp³-hybridized carbons (Fsp3) is 0.130. The molecule has 0 fully saturated rings. The molecule has 3 rings (SSSR count). The Labute approximate surface area is 169 Å². The Hall–Kier alpha value is -2.60. The third kappa shape index (κ3) is 4.57. The highest BCUT2D eigenvalue weighted by molar-refractivity contribution is 6.35. The molecular formula is C23H17Cl2NO. The second-order valence-corrected chi connectivity index (χ2v) is 7.13. The Kier molecular flexibility index (Phi) is 6.29. The lowest BCUT2D eigenvalue weighted by atomic mass is 9.78. The molecule has 4 heteroatoms. The van der Waals surface area contributed by atoms with Gasteiger partial charge in [0.15, 0.2) is 5.78 Å². The van der Waals surface area contributed by atoms with E-state index in [0.29, 0.717) is 21.2 Å². The smallest absolute Gasteiger partial charge is 0.163 e. The summed E-state index contributed by atoms with van der Waals surface area (Å²) in [4.78, 5) is 12.9. The summed E-state index contributed by atoms with van der Waals surface area (Å²) < 4.78 is 0. The summed E-state index contributed by atoms with van der Waals surface area (Å²) >= 11 is 12.4. The zero-order valence-electron chi connectivity index (χ0n) is 14.5. The number of carbonyl (C=O) groups excluding carboxylic acids is 1. The zero-order valence-corrected chi connectivity index (χ0v) is 16.0. The third-order valence-electron chi connectivity index (χ3n) is 4.57. The van der Waals surface area contributed by atoms with E-state index in [1.54, 1.807) is 30.3 Å². The average Bonchev–Trinajstić information content (AvgIpc) is 2.70. The van der Waals surface area contributed by atoms with Gasteiger partial charge in [-0.2, -0.15) is 5.26 Å². The summed E-state index contributed by atoms with van der Waals surface area (Å²) in [7, 11) is 0. The van der Waals surface area contributed by atoms with Gasteiger partial charge < -0.3 is 0 Å². The lowest BCUT2D eigenvalue weighted by Crippen LogP contribution is -2.15. The normalized spacial score (nSPS) is 12.8. The average molecular weight is 394 g/mol. The number of nitrogens with zero attached hydrogens (tertiary/aromatic N) is 1. The number of Topliss-reactive ketones (excluding diaryl/α,β-unsaturated/α-hetero) is 1. The van der Waals surface area contributed by atoms with Gasteiger partial charge in [0.2, 0.25) is 0 Å². The van der Waals surface area contributed by atoms with Gasteiger partial charge in [0.25, 0.3) is 0 Å². The Morgan fingerprint density at radius 2 is 1.56 bits per heavy atom. The van der Waals surface area contributed by atoms with Crippen molar-refractivity contribution in [1.29, 1.82) is 5.26 Å². The van der Waals surface area contributed by atoms with Crippen LogP contribution in [0.15, 0.2) is 78.9 Å². The fourth-order valence-corrected chi connectivity index (χ4v) is 3.73. The summed E-state index contributed by atoms with van der Waals surface area (Å²) in [5, 5.41) is 10.9. The number of nitriles is 1. The molecule has 0 saturated heterocycles. The van der Waals surface area contributed by atoms with Crippen LogP contribution in [0.4, 0.5) is 0 Å². The molecule has 0 unspecified atom stereocenters. The minimum Gasteiger partial charge on any atom is -0.294 e. The van der Waals surface area contributed by atoms with Crippen molar-refractivity contribution in [3.8, 4) is 6.07 Å². The lowest BCUT2D eigenvalue weighted by molar-refractivity contribution is 0.0971. The Balaban J connectivity index is 2.01. The van der Waals surface area contributed by atoms with Crippen LogP contribution in [0.5, 0.6) is 0 Å². The highest BCUT2D eigenvalue weighted by Gasteiger charge is 2.29. The van der Waals surface area contributed by atoms with Crippen molar-refractivity contribution in [3.05, 3.63) is 106 Å². The molecule has 0 amide bonds. The van der Waals surface area contributed by atoms with Crippen LogP contribution in [0.1, 0.15) is 39.7 Å². The first-order valence-corrected chi connectivity index (χ1v) is 9.33. The quantitative estimate of drug-likeness (QED) is 0.439. The van der Waals surface area contributed by atoms with Gasteiger partial charge in [-0.1, -0.05) is 89.9 Å². The van der Waals surface area contributed by atoms with Crippen molar-refractivity contribution >= 4 is 29.0 Å². The van der Waals surface area contributed by atoms with E-state index in [2.05, 4.69) is 6.07 Å². The van der Waals surface area contributed by atoms with Crippen molar-refractivity contribution in [1.82, 2.24) is 0 Å². The van der Waals surface area contributed by atoms with Crippen molar-refractivity contribution in [2.45, 2.75) is 18.3 Å². The van der Waals surface area contributed by atoms with Crippen LogP contribution in [-0.4, -0.2) is 5.78 Å². The molecule has 0 radical (unpaired) electrons. The molecule has 2 nitrogen and oxygen atoms in total. The molecule has 0 N–H and O–H groups in total. The Morgan fingerprint density at radius 1 is 0.926 bits per heavy atom. The number of hydrogen-bond donors (Lipinski definition) is 0. The van der Waals surface area contributed by atoms with Gasteiger partial charge in [0.05, 0.1) is 12.0 Å². The molecule has 0 spiro atoms. The summed E-state index contributed by atoms with van der Waals surface area (Å²) in [6, 6.07) is 26.2. The number of carbonyl (C=O) groups is 1. The summed E-state index contributed by atoms with van der Waals surface area (Å²) in [6.45, 7) is 0. The van der Waals surface area contributed by atoms with Gasteiger partial charge in [-0.15, -0.1) is 0 Å². The van der Waals surface area contributed by atoms with Crippen LogP contribution < -0.4 is 0 Å². The number of hydrogen-bond acceptors (Lipinski definition) is 2. The van der Waals surface area contributed by atoms with Gasteiger partial charge in [-0.3, -0.25) is 4.79 Å². The fourth-order valence-electron chi connectivity index (χ4n) is 3.20. The number of rotatable bonds is 6. The van der Waals surface area contributed by atoms with E-state index >= 15 is 0 Å². The van der Waals surface area contributed by atoms with Crippen LogP contribution in [0, 0.1) is 11.3 Å². The standard InChI is InChI=1S/C23H17Cl2NO/c24-18-11-12-19(22(25)13-18)21(15-26)20(16-7-3-1-4-8-16)14-23(27)17-9-5-2-6-10-17/h1-13,20-21H,14H2/t20-,21+/m0/s1. The molecule has 0 aliphatic rings. The predicted molar refractivity (Wildman–Crippen MR) is 109 cm³/mol. The highest BCUT2D eigenvalue weighted by Crippen LogP contribution is 2.39. The van der Waals surface area contributed by atoms with E-state index in [1.165, 1.54) is 0 Å². The minimum absolute atomic E-state index is 0.00482. The van der Waals surface area contributed by atoms with Gasteiger partial charge in [-0.25, -0.2) is 0 Å². The second kappa shape index (κ2) is 8.86. The molecule has 0 heterocycles. The maximum atomic E-state index is 12.9. The van der Waals surface area contributed by atoms with Crippen LogP contribution in [0.25, 0.3) is 0 Å². The first-order valence-electron chi connectivity index (χ1n) is 8.58. The maximum absolute atomic E-state index is 12.9. The Bertz CT molecular complexity index is 965. The van der Waals surface area contributed by atoms with Gasteiger partial charge in [0.1, 0.15) is 0 Å². The largest absolute Gasteiger partial charge is 0.294 e. The van der Waals surface area contributed by atoms with E-state index in [1.807, 2.05) is 48.5 Å². The van der Waals surface area contributed by atoms with Crippen LogP contribution in [-0.2, 0) is 0 Å². The van der Waals surface area contributed by atoms with E-state index in [0.717, 1.165) is 5.56 Å². The van der Waals surface area contributed by atoms with Gasteiger partial charge >= 0.3 is 0 Å². The first-order chi connectivity index (χ1) is 13.1. The molecule has 0 aromatic heterocycles. The summed E-state index contributed by atoms with van der Waals surface area (Å²) in [5.74, 6) is -0.887. The molecule has 3 aromatic carbocycles. The molecule has 3 aromatic rings. The van der Waals surface area contributed by atoms with Crippen molar-refractivity contribution in [2.24, 2.45) is 0 Å². The molecule has 0 saturated carbocycles. The highest BCUT2D eigenvalue weighted by atomic mass is 35.5. The molecule has 0 aliphatic heterocycles. The Morgan fingerprint density at radius 3 is 2.15 bits per heavy atom. The van der Waals surface area contributed by atoms with E-state index in [-0.39, 0.29) is 18.1 Å². The SMILES string of the molecule is N#C[C@H](c1ccc(Cl)cc1Cl)[C@@H](CC(=O)c1ccccc1)c1ccccc1. The zero-order chi connectivity index (χ0) is 19.2. The van der Waals surface area contributed by atoms with Crippen LogP contribution in [0.2, 0.25) is 10.0 Å². The first kappa shape index (κ1) is 19.2. The number of benzene rings is 3. The molecule has 27 heavy (non-hydrogen) atoms. The predicted octanol–water partition coefficient (Wildman–Crippen LogP) is 6.66. The van der Waals surface area contributed by atoms with Gasteiger partial charge in [-0.05, 0) is 23.3 Å². The summed E-state index contributed by atoms with van der Waals surface area (Å²) in [6.07, 6.45) is 0.214. The van der Waals surface area contributed by atoms with Crippen LogP contribution >= 0.6 is 23.2 Å². The number of halogens is 2. The lowest BCUT2D eigenvalue weighted by Gasteiger charge is -2.23. The molecular weight excluding hydrogens is 377 g/mol.